The van der Waals surface area contributed by atoms with E-state index in [0.717, 1.165) is 11.1 Å². The van der Waals surface area contributed by atoms with Gasteiger partial charge in [0.1, 0.15) is 5.69 Å². The third-order valence-electron chi connectivity index (χ3n) is 3.46. The highest BCUT2D eigenvalue weighted by Gasteiger charge is 2.15. The van der Waals surface area contributed by atoms with Crippen molar-refractivity contribution < 1.29 is 4.79 Å². The topological polar surface area (TPSA) is 59.8 Å². The number of pyridine rings is 1. The van der Waals surface area contributed by atoms with Gasteiger partial charge in [-0.2, -0.15) is 5.10 Å². The van der Waals surface area contributed by atoms with Crippen LogP contribution in [0, 0.1) is 0 Å². The van der Waals surface area contributed by atoms with E-state index in [1.54, 1.807) is 36.3 Å². The van der Waals surface area contributed by atoms with Crippen molar-refractivity contribution in [3.63, 3.8) is 0 Å². The molecule has 3 rings (SSSR count). The molecule has 0 radical (unpaired) electrons. The fourth-order valence-electron chi connectivity index (χ4n) is 2.25. The second-order valence-electron chi connectivity index (χ2n) is 5.06. The molecule has 1 amide bonds. The number of aryl methyl sites for hydroxylation is 1. The van der Waals surface area contributed by atoms with Crippen LogP contribution in [0.4, 0.5) is 0 Å². The van der Waals surface area contributed by atoms with Crippen LogP contribution in [0.1, 0.15) is 16.1 Å². The monoisotopic (exact) mass is 326 g/mol. The first kappa shape index (κ1) is 15.2. The SMILES string of the molecule is Cn1nc(-c2ccccc2Cl)cc1C(=O)NCc1ccncc1. The number of amides is 1. The first-order chi connectivity index (χ1) is 11.1. The van der Waals surface area contributed by atoms with E-state index in [4.69, 9.17) is 11.6 Å². The zero-order valence-electron chi connectivity index (χ0n) is 12.5. The lowest BCUT2D eigenvalue weighted by Crippen LogP contribution is -2.25. The molecular formula is C17H15ClN4O. The molecule has 23 heavy (non-hydrogen) atoms. The van der Waals surface area contributed by atoms with E-state index < -0.39 is 0 Å². The molecule has 2 heterocycles. The van der Waals surface area contributed by atoms with Crippen LogP contribution in [0.2, 0.25) is 5.02 Å². The van der Waals surface area contributed by atoms with E-state index in [9.17, 15) is 4.79 Å². The van der Waals surface area contributed by atoms with E-state index in [1.165, 1.54) is 0 Å². The number of nitrogens with zero attached hydrogens (tertiary/aromatic N) is 3. The molecule has 116 valence electrons. The van der Waals surface area contributed by atoms with Gasteiger partial charge in [0.15, 0.2) is 0 Å². The molecule has 3 aromatic rings. The molecule has 0 saturated carbocycles. The Labute approximate surface area is 138 Å². The van der Waals surface area contributed by atoms with Crippen molar-refractivity contribution in [2.24, 2.45) is 7.05 Å². The van der Waals surface area contributed by atoms with Crippen molar-refractivity contribution >= 4 is 17.5 Å². The van der Waals surface area contributed by atoms with Crippen LogP contribution in [-0.2, 0) is 13.6 Å². The van der Waals surface area contributed by atoms with Crippen molar-refractivity contribution in [2.45, 2.75) is 6.54 Å². The average Bonchev–Trinajstić information content (AvgIpc) is 2.96. The van der Waals surface area contributed by atoms with Gasteiger partial charge in [-0.15, -0.1) is 0 Å². The molecule has 2 aromatic heterocycles. The van der Waals surface area contributed by atoms with Crippen LogP contribution < -0.4 is 5.32 Å². The predicted molar refractivity (Wildman–Crippen MR) is 89.1 cm³/mol. The first-order valence-electron chi connectivity index (χ1n) is 7.11. The molecular weight excluding hydrogens is 312 g/mol. The van der Waals surface area contributed by atoms with Gasteiger partial charge in [0, 0.05) is 31.5 Å². The van der Waals surface area contributed by atoms with Crippen LogP contribution >= 0.6 is 11.6 Å². The number of carbonyl (C=O) groups is 1. The number of aromatic nitrogens is 3. The van der Waals surface area contributed by atoms with Gasteiger partial charge < -0.3 is 5.32 Å². The smallest absolute Gasteiger partial charge is 0.269 e. The van der Waals surface area contributed by atoms with E-state index >= 15 is 0 Å². The fourth-order valence-corrected chi connectivity index (χ4v) is 2.49. The minimum Gasteiger partial charge on any atom is -0.347 e. The Morgan fingerprint density at radius 3 is 2.70 bits per heavy atom. The summed E-state index contributed by atoms with van der Waals surface area (Å²) >= 11 is 6.19. The standard InChI is InChI=1S/C17H15ClN4O/c1-22-16(17(23)20-11-12-6-8-19-9-7-12)10-15(21-22)13-4-2-3-5-14(13)18/h2-10H,11H2,1H3,(H,20,23). The molecule has 1 N–H and O–H groups in total. The van der Waals surface area contributed by atoms with Crippen molar-refractivity contribution in [2.75, 3.05) is 0 Å². The van der Waals surface area contributed by atoms with E-state index in [1.807, 2.05) is 30.3 Å². The summed E-state index contributed by atoms with van der Waals surface area (Å²) in [4.78, 5) is 16.3. The maximum absolute atomic E-state index is 12.3. The van der Waals surface area contributed by atoms with Crippen LogP contribution in [0.5, 0.6) is 0 Å². The molecule has 0 aliphatic rings. The summed E-state index contributed by atoms with van der Waals surface area (Å²) in [5, 5.41) is 7.86. The first-order valence-corrected chi connectivity index (χ1v) is 7.49. The second kappa shape index (κ2) is 6.62. The summed E-state index contributed by atoms with van der Waals surface area (Å²) < 4.78 is 1.56. The summed E-state index contributed by atoms with van der Waals surface area (Å²) in [6.07, 6.45) is 3.39. The fraction of sp³-hybridized carbons (Fsp3) is 0.118. The quantitative estimate of drug-likeness (QED) is 0.801. The maximum atomic E-state index is 12.3. The van der Waals surface area contributed by atoms with E-state index in [0.29, 0.717) is 23.0 Å². The Morgan fingerprint density at radius 1 is 1.22 bits per heavy atom. The predicted octanol–water partition coefficient (Wildman–Crippen LogP) is 3.07. The summed E-state index contributed by atoms with van der Waals surface area (Å²) in [6, 6.07) is 12.9. The number of hydrogen-bond acceptors (Lipinski definition) is 3. The number of nitrogens with one attached hydrogen (secondary N) is 1. The van der Waals surface area contributed by atoms with Crippen molar-refractivity contribution in [3.8, 4) is 11.3 Å². The molecule has 0 aliphatic carbocycles. The highest BCUT2D eigenvalue weighted by Crippen LogP contribution is 2.26. The van der Waals surface area contributed by atoms with Crippen LogP contribution in [0.15, 0.2) is 54.9 Å². The molecule has 0 atom stereocenters. The van der Waals surface area contributed by atoms with Gasteiger partial charge in [-0.1, -0.05) is 29.8 Å². The van der Waals surface area contributed by atoms with Gasteiger partial charge in [-0.25, -0.2) is 0 Å². The molecule has 0 fully saturated rings. The van der Waals surface area contributed by atoms with Gasteiger partial charge in [0.2, 0.25) is 0 Å². The van der Waals surface area contributed by atoms with Gasteiger partial charge in [0.05, 0.1) is 10.7 Å². The second-order valence-corrected chi connectivity index (χ2v) is 5.46. The number of hydrogen-bond donors (Lipinski definition) is 1. The van der Waals surface area contributed by atoms with Gasteiger partial charge in [0.25, 0.3) is 5.91 Å². The molecule has 1 aromatic carbocycles. The van der Waals surface area contributed by atoms with Crippen LogP contribution in [-0.4, -0.2) is 20.7 Å². The largest absolute Gasteiger partial charge is 0.347 e. The Morgan fingerprint density at radius 2 is 1.96 bits per heavy atom. The van der Waals surface area contributed by atoms with Crippen molar-refractivity contribution in [1.29, 1.82) is 0 Å². The molecule has 0 bridgehead atoms. The summed E-state index contributed by atoms with van der Waals surface area (Å²) in [5.41, 5.74) is 2.95. The molecule has 5 nitrogen and oxygen atoms in total. The minimum atomic E-state index is -0.185. The van der Waals surface area contributed by atoms with Gasteiger partial charge in [-0.3, -0.25) is 14.5 Å². The molecule has 0 unspecified atom stereocenters. The van der Waals surface area contributed by atoms with Crippen molar-refractivity contribution in [1.82, 2.24) is 20.1 Å². The summed E-state index contributed by atoms with van der Waals surface area (Å²) in [5.74, 6) is -0.185. The maximum Gasteiger partial charge on any atom is 0.269 e. The minimum absolute atomic E-state index is 0.185. The number of halogens is 1. The van der Waals surface area contributed by atoms with E-state index in [2.05, 4.69) is 15.4 Å². The van der Waals surface area contributed by atoms with Gasteiger partial charge in [-0.05, 0) is 29.8 Å². The molecule has 0 spiro atoms. The number of benzene rings is 1. The Kier molecular flexibility index (Phi) is 4.39. The summed E-state index contributed by atoms with van der Waals surface area (Å²) in [7, 11) is 1.74. The van der Waals surface area contributed by atoms with Crippen molar-refractivity contribution in [3.05, 3.63) is 71.1 Å². The number of rotatable bonds is 4. The average molecular weight is 327 g/mol. The van der Waals surface area contributed by atoms with Crippen LogP contribution in [0.3, 0.4) is 0 Å². The third kappa shape index (κ3) is 3.40. The lowest BCUT2D eigenvalue weighted by molar-refractivity contribution is 0.0941. The molecule has 0 aliphatic heterocycles. The Hall–Kier alpha value is -2.66. The van der Waals surface area contributed by atoms with Crippen LogP contribution in [0.25, 0.3) is 11.3 Å². The highest BCUT2D eigenvalue weighted by atomic mass is 35.5. The normalized spacial score (nSPS) is 10.5. The van der Waals surface area contributed by atoms with Gasteiger partial charge >= 0.3 is 0 Å². The molecule has 0 saturated heterocycles. The zero-order chi connectivity index (χ0) is 16.2. The van der Waals surface area contributed by atoms with E-state index in [-0.39, 0.29) is 5.91 Å². The molecule has 6 heteroatoms. The zero-order valence-corrected chi connectivity index (χ0v) is 13.3. The highest BCUT2D eigenvalue weighted by molar-refractivity contribution is 6.33. The number of carbonyl (C=O) groups excluding carboxylic acids is 1. The Balaban J connectivity index is 1.78. The summed E-state index contributed by atoms with van der Waals surface area (Å²) in [6.45, 7) is 0.438. The third-order valence-corrected chi connectivity index (χ3v) is 3.79. The Bertz CT molecular complexity index is 830. The lowest BCUT2D eigenvalue weighted by Gasteiger charge is -2.04. The lowest BCUT2D eigenvalue weighted by atomic mass is 10.1.